The second-order valence-corrected chi connectivity index (χ2v) is 4.28. The van der Waals surface area contributed by atoms with Gasteiger partial charge in [0.2, 0.25) is 0 Å². The van der Waals surface area contributed by atoms with Gasteiger partial charge in [-0.05, 0) is 17.7 Å². The van der Waals surface area contributed by atoms with Gasteiger partial charge in [-0.1, -0.05) is 42.5 Å². The first-order valence-corrected chi connectivity index (χ1v) is 6.53. The highest BCUT2D eigenvalue weighted by Crippen LogP contribution is 2.07. The number of hydrogen-bond donors (Lipinski definition) is 1. The average molecular weight is 283 g/mol. The molecule has 1 N–H and O–H groups in total. The van der Waals surface area contributed by atoms with Crippen LogP contribution in [0.25, 0.3) is 6.08 Å². The minimum atomic E-state index is -0.245. The van der Waals surface area contributed by atoms with E-state index in [4.69, 9.17) is 4.84 Å². The number of benzene rings is 1. The van der Waals surface area contributed by atoms with E-state index in [0.29, 0.717) is 12.1 Å². The van der Waals surface area contributed by atoms with Gasteiger partial charge >= 0.3 is 0 Å². The Labute approximate surface area is 123 Å². The monoisotopic (exact) mass is 283 g/mol. The number of hydrazone groups is 1. The molecule has 0 aromatic heterocycles. The summed E-state index contributed by atoms with van der Waals surface area (Å²) < 4.78 is 0. The molecule has 0 saturated heterocycles. The summed E-state index contributed by atoms with van der Waals surface area (Å²) in [6, 6.07) is 9.86. The normalized spacial score (nSPS) is 14.7. The maximum absolute atomic E-state index is 11.9. The summed E-state index contributed by atoms with van der Waals surface area (Å²) in [5.41, 5.74) is 4.14. The molecule has 1 aromatic rings. The van der Waals surface area contributed by atoms with Crippen LogP contribution in [-0.2, 0) is 9.63 Å². The van der Waals surface area contributed by atoms with E-state index in [9.17, 15) is 4.79 Å². The number of allylic oxidation sites excluding steroid dienone is 3. The smallest absolute Gasteiger partial charge is 0.269 e. The Bertz CT molecular complexity index is 589. The first-order chi connectivity index (χ1) is 10.3. The molecule has 0 atom stereocenters. The summed E-state index contributed by atoms with van der Waals surface area (Å²) in [6.07, 6.45) is 10.5. The molecular weight excluding hydrogens is 266 g/mol. The zero-order valence-corrected chi connectivity index (χ0v) is 11.8. The van der Waals surface area contributed by atoms with Crippen molar-refractivity contribution >= 4 is 18.2 Å². The van der Waals surface area contributed by atoms with Gasteiger partial charge < -0.3 is 0 Å². The van der Waals surface area contributed by atoms with Crippen molar-refractivity contribution in [3.05, 3.63) is 65.9 Å². The highest BCUT2D eigenvalue weighted by atomic mass is 16.7. The minimum absolute atomic E-state index is 0.245. The van der Waals surface area contributed by atoms with Gasteiger partial charge in [-0.15, -0.1) is 0 Å². The molecular formula is C16H17N3O2. The Morgan fingerprint density at radius 2 is 2.19 bits per heavy atom. The van der Waals surface area contributed by atoms with Crippen LogP contribution in [0.4, 0.5) is 0 Å². The fourth-order valence-corrected chi connectivity index (χ4v) is 1.73. The predicted molar refractivity (Wildman–Crippen MR) is 83.0 cm³/mol. The van der Waals surface area contributed by atoms with Crippen molar-refractivity contribution in [2.75, 3.05) is 13.7 Å². The van der Waals surface area contributed by atoms with Crippen LogP contribution in [-0.4, -0.2) is 30.8 Å². The van der Waals surface area contributed by atoms with Crippen molar-refractivity contribution < 1.29 is 9.63 Å². The molecule has 2 rings (SSSR count). The van der Waals surface area contributed by atoms with E-state index in [1.165, 1.54) is 6.21 Å². The fourth-order valence-electron chi connectivity index (χ4n) is 1.73. The molecule has 21 heavy (non-hydrogen) atoms. The molecule has 1 amide bonds. The largest absolute Gasteiger partial charge is 0.277 e. The predicted octanol–water partition coefficient (Wildman–Crippen LogP) is 2.12. The number of nitrogens with zero attached hydrogens (tertiary/aromatic N) is 2. The minimum Gasteiger partial charge on any atom is -0.277 e. The van der Waals surface area contributed by atoms with Crippen LogP contribution in [0.15, 0.2) is 65.4 Å². The Morgan fingerprint density at radius 1 is 1.38 bits per heavy atom. The summed E-state index contributed by atoms with van der Waals surface area (Å²) >= 11 is 0. The number of carbonyl (C=O) groups excluding carboxylic acids is 1. The molecule has 1 aliphatic rings. The van der Waals surface area contributed by atoms with Crippen LogP contribution in [0.3, 0.4) is 0 Å². The molecule has 0 fully saturated rings. The van der Waals surface area contributed by atoms with Crippen LogP contribution in [0, 0.1) is 0 Å². The van der Waals surface area contributed by atoms with E-state index >= 15 is 0 Å². The van der Waals surface area contributed by atoms with Crippen molar-refractivity contribution in [3.8, 4) is 0 Å². The molecule has 0 radical (unpaired) electrons. The van der Waals surface area contributed by atoms with Crippen molar-refractivity contribution in [1.29, 1.82) is 0 Å². The molecule has 108 valence electrons. The van der Waals surface area contributed by atoms with Gasteiger partial charge in [-0.25, -0.2) is 5.43 Å². The molecule has 0 aliphatic carbocycles. The van der Waals surface area contributed by atoms with Gasteiger partial charge in [-0.2, -0.15) is 5.10 Å². The van der Waals surface area contributed by atoms with Gasteiger partial charge in [0.1, 0.15) is 0 Å². The van der Waals surface area contributed by atoms with Crippen molar-refractivity contribution in [2.45, 2.75) is 0 Å². The lowest BCUT2D eigenvalue weighted by Crippen LogP contribution is -2.29. The third-order valence-electron chi connectivity index (χ3n) is 2.82. The molecule has 1 heterocycles. The Hall–Kier alpha value is -2.66. The lowest BCUT2D eigenvalue weighted by molar-refractivity contribution is -0.120. The number of hydrogen-bond acceptors (Lipinski definition) is 4. The van der Waals surface area contributed by atoms with E-state index in [0.717, 1.165) is 5.56 Å². The number of rotatable bonds is 5. The average Bonchev–Trinajstić information content (AvgIpc) is 2.55. The maximum atomic E-state index is 11.9. The Balaban J connectivity index is 1.81. The summed E-state index contributed by atoms with van der Waals surface area (Å²) in [7, 11) is 1.55. The van der Waals surface area contributed by atoms with Gasteiger partial charge in [0.15, 0.2) is 0 Å². The highest BCUT2D eigenvalue weighted by molar-refractivity contribution is 5.94. The number of carbonyl (C=O) groups is 1. The summed E-state index contributed by atoms with van der Waals surface area (Å²) in [5.74, 6) is -0.245. The number of nitrogens with one attached hydrogen (secondary N) is 1. The number of amides is 1. The SMILES string of the molecule is CON1C=CC=C(C(=O)NN=CC=Cc2ccccc2)C1. The summed E-state index contributed by atoms with van der Waals surface area (Å²) in [4.78, 5) is 16.9. The second kappa shape index (κ2) is 7.81. The van der Waals surface area contributed by atoms with E-state index in [-0.39, 0.29) is 5.91 Å². The van der Waals surface area contributed by atoms with E-state index < -0.39 is 0 Å². The second-order valence-electron chi connectivity index (χ2n) is 4.28. The van der Waals surface area contributed by atoms with Gasteiger partial charge in [0.25, 0.3) is 5.91 Å². The highest BCUT2D eigenvalue weighted by Gasteiger charge is 2.13. The van der Waals surface area contributed by atoms with Crippen LogP contribution in [0.1, 0.15) is 5.56 Å². The van der Waals surface area contributed by atoms with Crippen molar-refractivity contribution in [2.24, 2.45) is 5.10 Å². The molecule has 1 aliphatic heterocycles. The summed E-state index contributed by atoms with van der Waals surface area (Å²) in [6.45, 7) is 0.397. The van der Waals surface area contributed by atoms with E-state index in [1.54, 1.807) is 36.6 Å². The quantitative estimate of drug-likeness (QED) is 0.665. The molecule has 5 nitrogen and oxygen atoms in total. The van der Waals surface area contributed by atoms with Gasteiger partial charge in [0, 0.05) is 18.0 Å². The standard InChI is InChI=1S/C16H17N3O2/c1-21-19-12-6-10-15(13-19)16(20)18-17-11-5-9-14-7-3-2-4-8-14/h2-12H,13H2,1H3,(H,18,20). The number of hydroxylamine groups is 2. The van der Waals surface area contributed by atoms with E-state index in [2.05, 4.69) is 10.5 Å². The lowest BCUT2D eigenvalue weighted by atomic mass is 10.2. The van der Waals surface area contributed by atoms with Crippen LogP contribution in [0.5, 0.6) is 0 Å². The topological polar surface area (TPSA) is 53.9 Å². The van der Waals surface area contributed by atoms with Crippen LogP contribution in [0.2, 0.25) is 0 Å². The van der Waals surface area contributed by atoms with Crippen molar-refractivity contribution in [1.82, 2.24) is 10.5 Å². The van der Waals surface area contributed by atoms with Gasteiger partial charge in [-0.3, -0.25) is 14.7 Å². The first-order valence-electron chi connectivity index (χ1n) is 6.53. The van der Waals surface area contributed by atoms with E-state index in [1.807, 2.05) is 36.4 Å². The maximum Gasteiger partial charge on any atom is 0.269 e. The van der Waals surface area contributed by atoms with Crippen molar-refractivity contribution in [3.63, 3.8) is 0 Å². The molecule has 0 unspecified atom stereocenters. The fraction of sp³-hybridized carbons (Fsp3) is 0.125. The van der Waals surface area contributed by atoms with Crippen LogP contribution < -0.4 is 5.43 Å². The Morgan fingerprint density at radius 3 is 2.95 bits per heavy atom. The third-order valence-corrected chi connectivity index (χ3v) is 2.82. The Kier molecular flexibility index (Phi) is 5.49. The molecule has 0 bridgehead atoms. The first kappa shape index (κ1) is 14.7. The molecule has 1 aromatic carbocycles. The molecule has 0 saturated carbocycles. The zero-order valence-electron chi connectivity index (χ0n) is 11.8. The summed E-state index contributed by atoms with van der Waals surface area (Å²) in [5, 5.41) is 5.44. The molecule has 0 spiro atoms. The van der Waals surface area contributed by atoms with Gasteiger partial charge in [0.05, 0.1) is 13.7 Å². The zero-order chi connectivity index (χ0) is 14.9. The van der Waals surface area contributed by atoms with Crippen LogP contribution >= 0.6 is 0 Å². The third kappa shape index (κ3) is 4.74. The molecule has 5 heteroatoms. The lowest BCUT2D eigenvalue weighted by Gasteiger charge is -2.20.